The van der Waals surface area contributed by atoms with Crippen LogP contribution in [0.3, 0.4) is 0 Å². The van der Waals surface area contributed by atoms with Gasteiger partial charge in [0.1, 0.15) is 17.9 Å². The Hall–Kier alpha value is -2.49. The van der Waals surface area contributed by atoms with E-state index < -0.39 is 0 Å². The predicted octanol–water partition coefficient (Wildman–Crippen LogP) is 3.75. The van der Waals surface area contributed by atoms with Crippen molar-refractivity contribution in [3.63, 3.8) is 0 Å². The Morgan fingerprint density at radius 3 is 2.65 bits per heavy atom. The number of hydrogen-bond acceptors (Lipinski definition) is 3. The highest BCUT2D eigenvalue weighted by molar-refractivity contribution is 5.92. The van der Waals surface area contributed by atoms with E-state index in [1.54, 1.807) is 26.2 Å². The molecule has 0 radical (unpaired) electrons. The maximum atomic E-state index is 13.4. The van der Waals surface area contributed by atoms with Crippen LogP contribution in [0.25, 0.3) is 22.2 Å². The van der Waals surface area contributed by atoms with Crippen molar-refractivity contribution < 1.29 is 9.13 Å². The highest BCUT2D eigenvalue weighted by atomic mass is 19.1. The van der Waals surface area contributed by atoms with Crippen molar-refractivity contribution in [2.24, 2.45) is 0 Å². The van der Waals surface area contributed by atoms with Crippen LogP contribution in [-0.2, 0) is 0 Å². The Balaban J connectivity index is 2.22. The number of methoxy groups -OCH3 is 1. The Morgan fingerprint density at radius 1 is 1.05 bits per heavy atom. The Kier molecular flexibility index (Phi) is 3.06. The van der Waals surface area contributed by atoms with Crippen LogP contribution in [0.4, 0.5) is 4.39 Å². The predicted molar refractivity (Wildman–Crippen MR) is 76.2 cm³/mol. The summed E-state index contributed by atoms with van der Waals surface area (Å²) in [6, 6.07) is 10.6. The largest absolute Gasteiger partial charge is 0.497 e. The van der Waals surface area contributed by atoms with E-state index in [9.17, 15) is 4.39 Å². The number of aromatic nitrogens is 2. The number of ether oxygens (including phenoxy) is 1. The van der Waals surface area contributed by atoms with Gasteiger partial charge >= 0.3 is 0 Å². The van der Waals surface area contributed by atoms with Gasteiger partial charge in [-0.05, 0) is 42.8 Å². The third kappa shape index (κ3) is 2.09. The van der Waals surface area contributed by atoms with Crippen LogP contribution in [0.2, 0.25) is 0 Å². The Bertz CT molecular complexity index is 787. The first-order valence-electron chi connectivity index (χ1n) is 6.24. The molecule has 100 valence electrons. The van der Waals surface area contributed by atoms with Crippen molar-refractivity contribution in [3.8, 4) is 17.0 Å². The zero-order valence-electron chi connectivity index (χ0n) is 11.2. The van der Waals surface area contributed by atoms with Crippen molar-refractivity contribution in [2.75, 3.05) is 7.11 Å². The summed E-state index contributed by atoms with van der Waals surface area (Å²) in [6.07, 6.45) is 1.51. The molecular weight excluding hydrogens is 255 g/mol. The smallest absolute Gasteiger partial charge is 0.126 e. The van der Waals surface area contributed by atoms with Crippen LogP contribution in [0, 0.1) is 12.7 Å². The second kappa shape index (κ2) is 4.89. The lowest BCUT2D eigenvalue weighted by molar-refractivity contribution is 0.415. The van der Waals surface area contributed by atoms with E-state index in [0.717, 1.165) is 27.9 Å². The minimum atomic E-state index is -0.214. The summed E-state index contributed by atoms with van der Waals surface area (Å²) in [6.45, 7) is 1.74. The first kappa shape index (κ1) is 12.5. The summed E-state index contributed by atoms with van der Waals surface area (Å²) in [5, 5.41) is 0.916. The molecule has 0 fully saturated rings. The SMILES string of the molecule is COc1ccc2c(-c3ccc(F)c(C)c3)ncnc2c1. The summed E-state index contributed by atoms with van der Waals surface area (Å²) < 4.78 is 18.6. The molecule has 3 nitrogen and oxygen atoms in total. The van der Waals surface area contributed by atoms with E-state index in [-0.39, 0.29) is 5.82 Å². The zero-order chi connectivity index (χ0) is 14.1. The molecule has 1 heterocycles. The van der Waals surface area contributed by atoms with E-state index >= 15 is 0 Å². The number of hydrogen-bond donors (Lipinski definition) is 0. The van der Waals surface area contributed by atoms with Gasteiger partial charge in [0, 0.05) is 17.0 Å². The normalized spacial score (nSPS) is 10.8. The Morgan fingerprint density at radius 2 is 1.90 bits per heavy atom. The lowest BCUT2D eigenvalue weighted by Gasteiger charge is -2.07. The van der Waals surface area contributed by atoms with E-state index in [2.05, 4.69) is 9.97 Å². The molecule has 0 amide bonds. The number of halogens is 1. The first-order chi connectivity index (χ1) is 9.69. The molecule has 0 saturated heterocycles. The van der Waals surface area contributed by atoms with Gasteiger partial charge in [0.15, 0.2) is 0 Å². The molecule has 4 heteroatoms. The molecule has 2 aromatic carbocycles. The van der Waals surface area contributed by atoms with Crippen LogP contribution in [-0.4, -0.2) is 17.1 Å². The minimum Gasteiger partial charge on any atom is -0.497 e. The van der Waals surface area contributed by atoms with Crippen LogP contribution in [0.15, 0.2) is 42.7 Å². The van der Waals surface area contributed by atoms with Gasteiger partial charge in [-0.1, -0.05) is 0 Å². The van der Waals surface area contributed by atoms with Gasteiger partial charge in [0.2, 0.25) is 0 Å². The average molecular weight is 268 g/mol. The van der Waals surface area contributed by atoms with E-state index in [1.165, 1.54) is 12.4 Å². The van der Waals surface area contributed by atoms with Gasteiger partial charge in [-0.25, -0.2) is 14.4 Å². The molecule has 0 saturated carbocycles. The van der Waals surface area contributed by atoms with Gasteiger partial charge in [-0.2, -0.15) is 0 Å². The third-order valence-corrected chi connectivity index (χ3v) is 3.28. The van der Waals surface area contributed by atoms with Gasteiger partial charge in [0.05, 0.1) is 18.3 Å². The number of benzene rings is 2. The molecule has 1 aromatic heterocycles. The molecule has 0 atom stereocenters. The van der Waals surface area contributed by atoms with E-state index in [4.69, 9.17) is 4.74 Å². The number of nitrogens with zero attached hydrogens (tertiary/aromatic N) is 2. The highest BCUT2D eigenvalue weighted by Gasteiger charge is 2.08. The van der Waals surface area contributed by atoms with Gasteiger partial charge in [-0.15, -0.1) is 0 Å². The van der Waals surface area contributed by atoms with Gasteiger partial charge in [0.25, 0.3) is 0 Å². The van der Waals surface area contributed by atoms with Crippen molar-refractivity contribution in [1.82, 2.24) is 9.97 Å². The van der Waals surface area contributed by atoms with Crippen molar-refractivity contribution in [2.45, 2.75) is 6.92 Å². The second-order valence-corrected chi connectivity index (χ2v) is 4.57. The quantitative estimate of drug-likeness (QED) is 0.710. The van der Waals surface area contributed by atoms with Crippen molar-refractivity contribution in [1.29, 1.82) is 0 Å². The van der Waals surface area contributed by atoms with Crippen molar-refractivity contribution in [3.05, 3.63) is 54.1 Å². The maximum Gasteiger partial charge on any atom is 0.126 e. The summed E-state index contributed by atoms with van der Waals surface area (Å²) in [7, 11) is 1.62. The molecular formula is C16H13FN2O. The fourth-order valence-electron chi connectivity index (χ4n) is 2.19. The summed E-state index contributed by atoms with van der Waals surface area (Å²) in [5.74, 6) is 0.534. The summed E-state index contributed by atoms with van der Waals surface area (Å²) >= 11 is 0. The maximum absolute atomic E-state index is 13.4. The molecule has 20 heavy (non-hydrogen) atoms. The first-order valence-corrected chi connectivity index (χ1v) is 6.24. The third-order valence-electron chi connectivity index (χ3n) is 3.28. The van der Waals surface area contributed by atoms with Gasteiger partial charge in [-0.3, -0.25) is 0 Å². The summed E-state index contributed by atoms with van der Waals surface area (Å²) in [5.41, 5.74) is 3.07. The molecule has 0 bridgehead atoms. The molecule has 0 aliphatic rings. The number of rotatable bonds is 2. The molecule has 0 aliphatic carbocycles. The zero-order valence-corrected chi connectivity index (χ0v) is 11.2. The monoisotopic (exact) mass is 268 g/mol. The van der Waals surface area contributed by atoms with Crippen LogP contribution in [0.1, 0.15) is 5.56 Å². The fourth-order valence-corrected chi connectivity index (χ4v) is 2.19. The van der Waals surface area contributed by atoms with Crippen LogP contribution < -0.4 is 4.74 Å². The molecule has 3 aromatic rings. The fraction of sp³-hybridized carbons (Fsp3) is 0.125. The average Bonchev–Trinajstić information content (AvgIpc) is 2.49. The van der Waals surface area contributed by atoms with Crippen LogP contribution in [0.5, 0.6) is 5.75 Å². The second-order valence-electron chi connectivity index (χ2n) is 4.57. The van der Waals surface area contributed by atoms with Crippen LogP contribution >= 0.6 is 0 Å². The Labute approximate surface area is 116 Å². The molecule has 0 aliphatic heterocycles. The lowest BCUT2D eigenvalue weighted by atomic mass is 10.0. The number of aryl methyl sites for hydroxylation is 1. The van der Waals surface area contributed by atoms with E-state index in [0.29, 0.717) is 5.56 Å². The topological polar surface area (TPSA) is 35.0 Å². The number of fused-ring (bicyclic) bond motifs is 1. The van der Waals surface area contributed by atoms with E-state index in [1.807, 2.05) is 18.2 Å². The highest BCUT2D eigenvalue weighted by Crippen LogP contribution is 2.28. The molecule has 0 unspecified atom stereocenters. The molecule has 0 N–H and O–H groups in total. The minimum absolute atomic E-state index is 0.214. The molecule has 3 rings (SSSR count). The lowest BCUT2D eigenvalue weighted by Crippen LogP contribution is -1.92. The standard InChI is InChI=1S/C16H13FN2O/c1-10-7-11(3-6-14(10)17)16-13-5-4-12(20-2)8-15(13)18-9-19-16/h3-9H,1-2H3. The molecule has 0 spiro atoms. The summed E-state index contributed by atoms with van der Waals surface area (Å²) in [4.78, 5) is 8.58. The van der Waals surface area contributed by atoms with Gasteiger partial charge < -0.3 is 4.74 Å². The van der Waals surface area contributed by atoms with Crippen molar-refractivity contribution >= 4 is 10.9 Å².